The molecule has 7 heteroatoms. The predicted octanol–water partition coefficient (Wildman–Crippen LogP) is 1.44. The molecule has 1 aromatic rings. The number of carboxylic acids is 1. The van der Waals surface area contributed by atoms with Crippen molar-refractivity contribution >= 4 is 17.7 Å². The van der Waals surface area contributed by atoms with Gasteiger partial charge in [-0.2, -0.15) is 0 Å². The summed E-state index contributed by atoms with van der Waals surface area (Å²) in [4.78, 5) is 22.8. The first-order valence-corrected chi connectivity index (χ1v) is 6.77. The highest BCUT2D eigenvalue weighted by Gasteiger charge is 2.50. The number of rotatable bonds is 4. The number of hydrogen-bond donors (Lipinski definition) is 3. The third-order valence-corrected chi connectivity index (χ3v) is 3.69. The number of urea groups is 1. The van der Waals surface area contributed by atoms with Crippen molar-refractivity contribution in [2.75, 3.05) is 25.1 Å². The van der Waals surface area contributed by atoms with Gasteiger partial charge in [-0.1, -0.05) is 0 Å². The lowest BCUT2D eigenvalue weighted by atomic mass is 10.1. The Morgan fingerprint density at radius 2 is 1.90 bits per heavy atom. The molecule has 1 saturated carbocycles. The van der Waals surface area contributed by atoms with Crippen LogP contribution in [0, 0.1) is 5.41 Å². The highest BCUT2D eigenvalue weighted by Crippen LogP contribution is 2.45. The quantitative estimate of drug-likeness (QED) is 0.780. The van der Waals surface area contributed by atoms with Crippen LogP contribution in [0.2, 0.25) is 0 Å². The van der Waals surface area contributed by atoms with Gasteiger partial charge in [0.2, 0.25) is 0 Å². The van der Waals surface area contributed by atoms with E-state index in [1.165, 1.54) is 0 Å². The summed E-state index contributed by atoms with van der Waals surface area (Å²) in [6, 6.07) is 4.68. The summed E-state index contributed by atoms with van der Waals surface area (Å²) in [5.41, 5.74) is -0.207. The molecule has 0 bridgehead atoms. The summed E-state index contributed by atoms with van der Waals surface area (Å²) in [6.07, 6.45) is 1.21. The number of aliphatic carboxylic acids is 1. The van der Waals surface area contributed by atoms with Gasteiger partial charge < -0.3 is 25.2 Å². The Bertz CT molecular complexity index is 583. The molecule has 0 saturated heterocycles. The van der Waals surface area contributed by atoms with Crippen molar-refractivity contribution in [3.05, 3.63) is 18.2 Å². The van der Waals surface area contributed by atoms with Gasteiger partial charge in [0, 0.05) is 18.3 Å². The number of anilines is 1. The van der Waals surface area contributed by atoms with Gasteiger partial charge in [-0.25, -0.2) is 4.79 Å². The van der Waals surface area contributed by atoms with Crippen LogP contribution in [-0.4, -0.2) is 36.9 Å². The molecule has 21 heavy (non-hydrogen) atoms. The second-order valence-electron chi connectivity index (χ2n) is 5.25. The van der Waals surface area contributed by atoms with Crippen LogP contribution in [-0.2, 0) is 4.79 Å². The van der Waals surface area contributed by atoms with Gasteiger partial charge in [0.1, 0.15) is 13.2 Å². The van der Waals surface area contributed by atoms with Gasteiger partial charge in [0.25, 0.3) is 0 Å². The molecule has 2 aliphatic rings. The number of fused-ring (bicyclic) bond motifs is 1. The number of carbonyl (C=O) groups is 2. The van der Waals surface area contributed by atoms with Gasteiger partial charge in [-0.3, -0.25) is 4.79 Å². The molecule has 7 nitrogen and oxygen atoms in total. The summed E-state index contributed by atoms with van der Waals surface area (Å²) in [5, 5.41) is 14.3. The zero-order valence-electron chi connectivity index (χ0n) is 11.3. The Hall–Kier alpha value is -2.44. The van der Waals surface area contributed by atoms with Gasteiger partial charge in [0.05, 0.1) is 5.41 Å². The van der Waals surface area contributed by atoms with Gasteiger partial charge >= 0.3 is 12.0 Å². The number of carbonyl (C=O) groups excluding carboxylic acids is 1. The standard InChI is InChI=1S/C14H16N2O5/c17-12(18)14(3-4-14)8-15-13(19)16-9-1-2-10-11(7-9)21-6-5-20-10/h1-2,7H,3-6,8H2,(H,17,18)(H2,15,16,19). The molecule has 0 unspecified atom stereocenters. The first kappa shape index (κ1) is 13.5. The second-order valence-corrected chi connectivity index (χ2v) is 5.25. The lowest BCUT2D eigenvalue weighted by Crippen LogP contribution is -2.36. The monoisotopic (exact) mass is 292 g/mol. The average Bonchev–Trinajstić information content (AvgIpc) is 3.26. The van der Waals surface area contributed by atoms with Crippen LogP contribution < -0.4 is 20.1 Å². The molecule has 1 heterocycles. The number of amides is 2. The molecule has 3 N–H and O–H groups in total. The van der Waals surface area contributed by atoms with Gasteiger partial charge in [-0.15, -0.1) is 0 Å². The summed E-state index contributed by atoms with van der Waals surface area (Å²) < 4.78 is 10.8. The van der Waals surface area contributed by atoms with E-state index >= 15 is 0 Å². The fraction of sp³-hybridized carbons (Fsp3) is 0.429. The third-order valence-electron chi connectivity index (χ3n) is 3.69. The minimum absolute atomic E-state index is 0.138. The normalized spacial score (nSPS) is 17.7. The van der Waals surface area contributed by atoms with Crippen LogP contribution in [0.25, 0.3) is 0 Å². The largest absolute Gasteiger partial charge is 0.486 e. The molecule has 1 fully saturated rings. The van der Waals surface area contributed by atoms with E-state index in [-0.39, 0.29) is 6.54 Å². The summed E-state index contributed by atoms with van der Waals surface area (Å²) >= 11 is 0. The van der Waals surface area contributed by atoms with Gasteiger partial charge in [0.15, 0.2) is 11.5 Å². The Balaban J connectivity index is 1.56. The van der Waals surface area contributed by atoms with Crippen LogP contribution >= 0.6 is 0 Å². The zero-order valence-corrected chi connectivity index (χ0v) is 11.3. The number of ether oxygens (including phenoxy) is 2. The van der Waals surface area contributed by atoms with Crippen molar-refractivity contribution in [1.29, 1.82) is 0 Å². The van der Waals surface area contributed by atoms with E-state index < -0.39 is 17.4 Å². The summed E-state index contributed by atoms with van der Waals surface area (Å²) in [5.74, 6) is 0.375. The molecule has 2 amide bonds. The number of carboxylic acid groups (broad SMARTS) is 1. The number of nitrogens with one attached hydrogen (secondary N) is 2. The molecule has 1 aliphatic carbocycles. The van der Waals surface area contributed by atoms with Crippen LogP contribution in [0.5, 0.6) is 11.5 Å². The lowest BCUT2D eigenvalue weighted by molar-refractivity contribution is -0.143. The predicted molar refractivity (Wildman–Crippen MR) is 73.8 cm³/mol. The molecular formula is C14H16N2O5. The molecule has 0 radical (unpaired) electrons. The van der Waals surface area contributed by atoms with E-state index in [1.807, 2.05) is 0 Å². The molecule has 112 valence electrons. The third kappa shape index (κ3) is 2.86. The molecule has 1 aliphatic heterocycles. The van der Waals surface area contributed by atoms with Crippen molar-refractivity contribution in [3.8, 4) is 11.5 Å². The maximum Gasteiger partial charge on any atom is 0.319 e. The Morgan fingerprint density at radius 3 is 2.57 bits per heavy atom. The highest BCUT2D eigenvalue weighted by atomic mass is 16.6. The zero-order chi connectivity index (χ0) is 14.9. The highest BCUT2D eigenvalue weighted by molar-refractivity contribution is 5.90. The Labute approximate surface area is 121 Å². The molecule has 0 spiro atoms. The van der Waals surface area contributed by atoms with E-state index in [9.17, 15) is 9.59 Å². The van der Waals surface area contributed by atoms with Crippen LogP contribution in [0.15, 0.2) is 18.2 Å². The van der Waals surface area contributed by atoms with Crippen molar-refractivity contribution in [2.45, 2.75) is 12.8 Å². The Morgan fingerprint density at radius 1 is 1.19 bits per heavy atom. The van der Waals surface area contributed by atoms with E-state index in [0.717, 1.165) is 0 Å². The lowest BCUT2D eigenvalue weighted by Gasteiger charge is -2.19. The van der Waals surface area contributed by atoms with E-state index in [2.05, 4.69) is 10.6 Å². The first-order valence-electron chi connectivity index (χ1n) is 6.77. The van der Waals surface area contributed by atoms with Crippen LogP contribution in [0.1, 0.15) is 12.8 Å². The molecule has 1 aromatic carbocycles. The van der Waals surface area contributed by atoms with Crippen molar-refractivity contribution in [2.24, 2.45) is 5.41 Å². The summed E-state index contributed by atoms with van der Waals surface area (Å²) in [7, 11) is 0. The average molecular weight is 292 g/mol. The van der Waals surface area contributed by atoms with E-state index in [1.54, 1.807) is 18.2 Å². The van der Waals surface area contributed by atoms with Crippen LogP contribution in [0.3, 0.4) is 0 Å². The van der Waals surface area contributed by atoms with Crippen molar-refractivity contribution < 1.29 is 24.2 Å². The van der Waals surface area contributed by atoms with Crippen LogP contribution in [0.4, 0.5) is 10.5 Å². The maximum absolute atomic E-state index is 11.8. The smallest absolute Gasteiger partial charge is 0.319 e. The number of hydrogen-bond acceptors (Lipinski definition) is 4. The van der Waals surface area contributed by atoms with E-state index in [4.69, 9.17) is 14.6 Å². The minimum Gasteiger partial charge on any atom is -0.486 e. The van der Waals surface area contributed by atoms with Crippen molar-refractivity contribution in [1.82, 2.24) is 5.32 Å². The number of benzene rings is 1. The summed E-state index contributed by atoms with van der Waals surface area (Å²) in [6.45, 7) is 1.13. The maximum atomic E-state index is 11.8. The Kier molecular flexibility index (Phi) is 3.32. The molecule has 0 aromatic heterocycles. The van der Waals surface area contributed by atoms with E-state index in [0.29, 0.717) is 43.2 Å². The minimum atomic E-state index is -0.859. The fourth-order valence-electron chi connectivity index (χ4n) is 2.16. The fourth-order valence-corrected chi connectivity index (χ4v) is 2.16. The molecule has 3 rings (SSSR count). The molecule has 0 atom stereocenters. The van der Waals surface area contributed by atoms with Crippen molar-refractivity contribution in [3.63, 3.8) is 0 Å². The SMILES string of the molecule is O=C(NCC1(C(=O)O)CC1)Nc1ccc2c(c1)OCCO2. The van der Waals surface area contributed by atoms with Gasteiger partial charge in [-0.05, 0) is 25.0 Å². The molecular weight excluding hydrogens is 276 g/mol. The second kappa shape index (κ2) is 5.16. The first-order chi connectivity index (χ1) is 10.1. The topological polar surface area (TPSA) is 96.9 Å².